The first-order valence-corrected chi connectivity index (χ1v) is 11.9. The monoisotopic (exact) mass is 581 g/mol. The van der Waals surface area contributed by atoms with Gasteiger partial charge in [-0.2, -0.15) is 0 Å². The van der Waals surface area contributed by atoms with Crippen molar-refractivity contribution < 1.29 is 50.2 Å². The first kappa shape index (κ1) is 29.2. The summed E-state index contributed by atoms with van der Waals surface area (Å²) in [6.45, 7) is 0. The maximum atomic E-state index is 13.4. The van der Waals surface area contributed by atoms with Crippen LogP contribution < -0.4 is 25.4 Å². The molecule has 4 amide bonds. The van der Waals surface area contributed by atoms with E-state index < -0.39 is 60.1 Å². The molecule has 3 N–H and O–H groups in total. The molecule has 4 rings (SSSR count). The molecule has 0 radical (unpaired) electrons. The Morgan fingerprint density at radius 2 is 1.32 bits per heavy atom. The van der Waals surface area contributed by atoms with Gasteiger partial charge in [0.1, 0.15) is 17.5 Å². The fourth-order valence-electron chi connectivity index (χ4n) is 4.46. The summed E-state index contributed by atoms with van der Waals surface area (Å²) in [6, 6.07) is 15.5. The van der Waals surface area contributed by atoms with Gasteiger partial charge >= 0.3 is 18.8 Å². The molecule has 1 aliphatic rings. The van der Waals surface area contributed by atoms with E-state index in [1.54, 1.807) is 30.3 Å². The Morgan fingerprint density at radius 1 is 0.780 bits per heavy atom. The van der Waals surface area contributed by atoms with Crippen LogP contribution in [-0.4, -0.2) is 36.6 Å². The van der Waals surface area contributed by atoms with Crippen molar-refractivity contribution in [1.82, 2.24) is 16.0 Å². The van der Waals surface area contributed by atoms with E-state index in [2.05, 4.69) is 20.1 Å². The molecule has 1 atom stereocenters. The maximum absolute atomic E-state index is 13.4. The minimum absolute atomic E-state index is 0.0144. The third-order valence-corrected chi connectivity index (χ3v) is 6.03. The summed E-state index contributed by atoms with van der Waals surface area (Å²) in [5.74, 6) is -2.91. The Bertz CT molecular complexity index is 1370. The van der Waals surface area contributed by atoms with E-state index in [4.69, 9.17) is 0 Å². The second-order valence-corrected chi connectivity index (χ2v) is 8.99. The molecule has 0 bridgehead atoms. The number of urea groups is 1. The van der Waals surface area contributed by atoms with Crippen LogP contribution in [-0.2, 0) is 21.5 Å². The summed E-state index contributed by atoms with van der Waals surface area (Å²) in [4.78, 5) is 36.9. The van der Waals surface area contributed by atoms with Gasteiger partial charge in [-0.1, -0.05) is 54.6 Å². The molecule has 41 heavy (non-hydrogen) atoms. The number of hydrogen-bond acceptors (Lipinski definition) is 5. The Hall–Kier alpha value is -4.75. The Balaban J connectivity index is 1.87. The molecular formula is C27H21F6N3O5. The van der Waals surface area contributed by atoms with Crippen LogP contribution >= 0.6 is 0 Å². The number of ether oxygens (including phenoxy) is 2. The molecule has 0 aliphatic carbocycles. The molecule has 14 heteroatoms. The number of carbonyl (C=O) groups excluding carboxylic acids is 3. The van der Waals surface area contributed by atoms with Crippen LogP contribution in [0, 0.1) is 0 Å². The second kappa shape index (κ2) is 11.4. The third-order valence-electron chi connectivity index (χ3n) is 6.03. The van der Waals surface area contributed by atoms with Crippen molar-refractivity contribution in [2.24, 2.45) is 0 Å². The second-order valence-electron chi connectivity index (χ2n) is 8.99. The normalized spacial score (nSPS) is 15.6. The van der Waals surface area contributed by atoms with Crippen molar-refractivity contribution in [2.45, 2.75) is 37.1 Å². The van der Waals surface area contributed by atoms with Gasteiger partial charge in [-0.3, -0.25) is 14.9 Å². The first-order valence-electron chi connectivity index (χ1n) is 11.9. The first-order chi connectivity index (χ1) is 19.2. The van der Waals surface area contributed by atoms with Crippen LogP contribution in [0.5, 0.6) is 11.5 Å². The summed E-state index contributed by atoms with van der Waals surface area (Å²) >= 11 is 0. The molecule has 1 unspecified atom stereocenters. The molecule has 3 aromatic rings. The zero-order valence-corrected chi connectivity index (χ0v) is 20.8. The van der Waals surface area contributed by atoms with Gasteiger partial charge in [0, 0.05) is 6.42 Å². The number of hydrogen-bond donors (Lipinski definition) is 3. The van der Waals surface area contributed by atoms with Crippen molar-refractivity contribution in [3.63, 3.8) is 0 Å². The van der Waals surface area contributed by atoms with Crippen molar-refractivity contribution >= 4 is 17.8 Å². The van der Waals surface area contributed by atoms with E-state index in [-0.39, 0.29) is 17.5 Å². The van der Waals surface area contributed by atoms with Gasteiger partial charge in [0.15, 0.2) is 0 Å². The predicted octanol–water partition coefficient (Wildman–Crippen LogP) is 4.68. The largest absolute Gasteiger partial charge is 0.573 e. The molecule has 1 fully saturated rings. The topological polar surface area (TPSA) is 106 Å². The lowest BCUT2D eigenvalue weighted by molar-refractivity contribution is -0.275. The number of imide groups is 1. The van der Waals surface area contributed by atoms with Crippen LogP contribution in [0.1, 0.15) is 23.1 Å². The smallest absolute Gasteiger partial charge is 0.406 e. The van der Waals surface area contributed by atoms with Gasteiger partial charge in [-0.25, -0.2) is 4.79 Å². The van der Waals surface area contributed by atoms with Gasteiger partial charge in [0.25, 0.3) is 5.91 Å². The van der Waals surface area contributed by atoms with Crippen molar-refractivity contribution in [1.29, 1.82) is 0 Å². The zero-order chi connectivity index (χ0) is 29.8. The highest BCUT2D eigenvalue weighted by molar-refractivity contribution is 6.05. The lowest BCUT2D eigenvalue weighted by Gasteiger charge is -2.37. The van der Waals surface area contributed by atoms with Gasteiger partial charge in [-0.15, -0.1) is 26.3 Å². The fourth-order valence-corrected chi connectivity index (χ4v) is 4.46. The van der Waals surface area contributed by atoms with Gasteiger partial charge in [0.05, 0.1) is 12.0 Å². The number of amides is 4. The van der Waals surface area contributed by atoms with Gasteiger partial charge < -0.3 is 20.1 Å². The Morgan fingerprint density at radius 3 is 1.78 bits per heavy atom. The minimum atomic E-state index is -5.06. The Labute approximate surface area is 228 Å². The summed E-state index contributed by atoms with van der Waals surface area (Å²) in [5, 5.41) is 6.96. The minimum Gasteiger partial charge on any atom is -0.406 e. The molecule has 1 aliphatic heterocycles. The molecule has 0 aromatic heterocycles. The van der Waals surface area contributed by atoms with Crippen LogP contribution in [0.4, 0.5) is 31.1 Å². The fraction of sp³-hybridized carbons (Fsp3) is 0.222. The van der Waals surface area contributed by atoms with Crippen molar-refractivity contribution in [2.75, 3.05) is 0 Å². The van der Waals surface area contributed by atoms with E-state index in [0.29, 0.717) is 5.56 Å². The molecule has 3 aromatic carbocycles. The molecule has 1 heterocycles. The number of halogens is 6. The van der Waals surface area contributed by atoms with E-state index in [1.165, 1.54) is 24.3 Å². The lowest BCUT2D eigenvalue weighted by atomic mass is 9.77. The van der Waals surface area contributed by atoms with Crippen LogP contribution in [0.15, 0.2) is 78.9 Å². The summed E-state index contributed by atoms with van der Waals surface area (Å²) in [6.07, 6.45) is -10.9. The average Bonchev–Trinajstić information content (AvgIpc) is 3.18. The molecule has 0 spiro atoms. The lowest BCUT2D eigenvalue weighted by Crippen LogP contribution is -2.50. The highest BCUT2D eigenvalue weighted by atomic mass is 19.4. The number of nitrogens with one attached hydrogen (secondary N) is 3. The molecule has 1 saturated heterocycles. The SMILES string of the molecule is O=C(CC1NC(=O)NC1=O)NC(Cc1ccccc1)(c1cccc(OC(F)(F)F)c1)c1cccc(OC(F)(F)F)c1. The van der Waals surface area contributed by atoms with Crippen LogP contribution in [0.3, 0.4) is 0 Å². The van der Waals surface area contributed by atoms with Crippen LogP contribution in [0.25, 0.3) is 0 Å². The van der Waals surface area contributed by atoms with E-state index in [0.717, 1.165) is 24.3 Å². The van der Waals surface area contributed by atoms with E-state index in [1.807, 2.05) is 5.32 Å². The molecule has 8 nitrogen and oxygen atoms in total. The van der Waals surface area contributed by atoms with Crippen LogP contribution in [0.2, 0.25) is 0 Å². The number of rotatable bonds is 9. The van der Waals surface area contributed by atoms with E-state index >= 15 is 0 Å². The van der Waals surface area contributed by atoms with E-state index in [9.17, 15) is 40.7 Å². The maximum Gasteiger partial charge on any atom is 0.573 e. The summed E-state index contributed by atoms with van der Waals surface area (Å²) in [7, 11) is 0. The van der Waals surface area contributed by atoms with Gasteiger partial charge in [0.2, 0.25) is 5.91 Å². The van der Waals surface area contributed by atoms with Gasteiger partial charge in [-0.05, 0) is 41.0 Å². The highest BCUT2D eigenvalue weighted by Crippen LogP contribution is 2.38. The zero-order valence-electron chi connectivity index (χ0n) is 20.8. The molecular weight excluding hydrogens is 560 g/mol. The standard InChI is InChI=1S/C27H21F6N3O5/c28-26(29,30)40-19-10-4-8-17(12-19)25(15-16-6-2-1-3-7-16,18-9-5-11-20(13-18)41-27(31,32)33)36-22(37)14-21-23(38)35-24(39)34-21/h1-13,21H,14-15H2,(H,36,37)(H2,34,35,38,39). The Kier molecular flexibility index (Phi) is 8.12. The number of carbonyl (C=O) groups is 3. The van der Waals surface area contributed by atoms with Crippen molar-refractivity contribution in [3.05, 3.63) is 95.6 Å². The average molecular weight is 581 g/mol. The third kappa shape index (κ3) is 7.68. The predicted molar refractivity (Wildman–Crippen MR) is 130 cm³/mol. The summed E-state index contributed by atoms with van der Waals surface area (Å²) in [5.41, 5.74) is -1.24. The number of benzene rings is 3. The molecule has 216 valence electrons. The highest BCUT2D eigenvalue weighted by Gasteiger charge is 2.40. The summed E-state index contributed by atoms with van der Waals surface area (Å²) < 4.78 is 86.5. The molecule has 0 saturated carbocycles. The number of alkyl halides is 6. The quantitative estimate of drug-likeness (QED) is 0.251. The van der Waals surface area contributed by atoms with Crippen molar-refractivity contribution in [3.8, 4) is 11.5 Å².